The van der Waals surface area contributed by atoms with E-state index in [-0.39, 0.29) is 24.1 Å². The molecule has 4 rings (SSSR count). The first kappa shape index (κ1) is 20.0. The van der Waals surface area contributed by atoms with Gasteiger partial charge in [-0.05, 0) is 62.5 Å². The molecular formula is C22H30N4O3. The van der Waals surface area contributed by atoms with Crippen molar-refractivity contribution in [3.63, 3.8) is 0 Å². The Bertz CT molecular complexity index is 801. The van der Waals surface area contributed by atoms with Crippen LogP contribution in [0.4, 0.5) is 0 Å². The minimum atomic E-state index is -0.550. The summed E-state index contributed by atoms with van der Waals surface area (Å²) in [7, 11) is 0. The van der Waals surface area contributed by atoms with E-state index in [9.17, 15) is 14.4 Å². The number of carbonyl (C=O) groups is 3. The van der Waals surface area contributed by atoms with E-state index in [1.54, 1.807) is 4.90 Å². The van der Waals surface area contributed by atoms with E-state index in [2.05, 4.69) is 28.5 Å². The molecule has 0 radical (unpaired) electrons. The lowest BCUT2D eigenvalue weighted by molar-refractivity contribution is -0.136. The highest BCUT2D eigenvalue weighted by Crippen LogP contribution is 2.28. The molecule has 2 fully saturated rings. The highest BCUT2D eigenvalue weighted by molar-refractivity contribution is 6.05. The number of hydrogen-bond donors (Lipinski definition) is 2. The lowest BCUT2D eigenvalue weighted by atomic mass is 10.0. The Hall–Kier alpha value is -2.25. The molecule has 3 amide bonds. The van der Waals surface area contributed by atoms with Gasteiger partial charge in [0.05, 0.1) is 0 Å². The third-order valence-corrected chi connectivity index (χ3v) is 6.26. The molecule has 0 aliphatic carbocycles. The Morgan fingerprint density at radius 1 is 1.14 bits per heavy atom. The van der Waals surface area contributed by atoms with Crippen molar-refractivity contribution in [2.24, 2.45) is 0 Å². The maximum Gasteiger partial charge on any atom is 0.255 e. The minimum absolute atomic E-state index is 0.108. The van der Waals surface area contributed by atoms with Crippen LogP contribution in [0.15, 0.2) is 18.2 Å². The summed E-state index contributed by atoms with van der Waals surface area (Å²) in [5, 5.41) is 5.97. The van der Waals surface area contributed by atoms with Gasteiger partial charge in [0.15, 0.2) is 0 Å². The SMILES string of the molecule is CCCNC1CCN(Cc2ccc3c(c2)CN(C2CCC(=O)NC2=O)C3=O)CC1. The second kappa shape index (κ2) is 8.63. The molecule has 1 aromatic rings. The van der Waals surface area contributed by atoms with E-state index >= 15 is 0 Å². The lowest BCUT2D eigenvalue weighted by Crippen LogP contribution is -2.52. The minimum Gasteiger partial charge on any atom is -0.322 e. The average Bonchev–Trinajstić information content (AvgIpc) is 3.03. The zero-order valence-corrected chi connectivity index (χ0v) is 17.1. The third kappa shape index (κ3) is 4.36. The van der Waals surface area contributed by atoms with E-state index in [1.165, 1.54) is 24.8 Å². The van der Waals surface area contributed by atoms with Crippen molar-refractivity contribution in [1.29, 1.82) is 0 Å². The van der Waals surface area contributed by atoms with Crippen LogP contribution in [-0.2, 0) is 22.7 Å². The van der Waals surface area contributed by atoms with Crippen LogP contribution in [-0.4, -0.2) is 59.2 Å². The Morgan fingerprint density at radius 3 is 2.66 bits per heavy atom. The van der Waals surface area contributed by atoms with Crippen molar-refractivity contribution >= 4 is 17.7 Å². The van der Waals surface area contributed by atoms with Crippen LogP contribution in [0, 0.1) is 0 Å². The molecule has 2 saturated heterocycles. The number of rotatable bonds is 6. The average molecular weight is 399 g/mol. The van der Waals surface area contributed by atoms with Crippen LogP contribution in [0.2, 0.25) is 0 Å². The molecule has 3 aliphatic rings. The van der Waals surface area contributed by atoms with E-state index in [0.29, 0.717) is 24.6 Å². The number of fused-ring (bicyclic) bond motifs is 1. The van der Waals surface area contributed by atoms with Crippen molar-refractivity contribution in [3.05, 3.63) is 34.9 Å². The molecule has 156 valence electrons. The summed E-state index contributed by atoms with van der Waals surface area (Å²) in [5.41, 5.74) is 2.87. The van der Waals surface area contributed by atoms with E-state index in [1.807, 2.05) is 12.1 Å². The second-order valence-electron chi connectivity index (χ2n) is 8.40. The molecule has 3 heterocycles. The van der Waals surface area contributed by atoms with Crippen LogP contribution in [0.25, 0.3) is 0 Å². The van der Waals surface area contributed by atoms with Gasteiger partial charge in [0, 0.05) is 31.1 Å². The Balaban J connectivity index is 1.37. The Kier molecular flexibility index (Phi) is 5.96. The number of amides is 3. The zero-order chi connectivity index (χ0) is 20.4. The Morgan fingerprint density at radius 2 is 1.93 bits per heavy atom. The number of carbonyl (C=O) groups excluding carboxylic acids is 3. The molecule has 3 aliphatic heterocycles. The molecule has 7 heteroatoms. The maximum absolute atomic E-state index is 12.8. The van der Waals surface area contributed by atoms with Crippen molar-refractivity contribution in [2.75, 3.05) is 19.6 Å². The van der Waals surface area contributed by atoms with E-state index in [4.69, 9.17) is 0 Å². The van der Waals surface area contributed by atoms with Gasteiger partial charge in [0.25, 0.3) is 5.91 Å². The molecule has 1 atom stereocenters. The number of piperidine rings is 2. The predicted octanol–water partition coefficient (Wildman–Crippen LogP) is 1.41. The van der Waals surface area contributed by atoms with Crippen molar-refractivity contribution < 1.29 is 14.4 Å². The molecule has 0 bridgehead atoms. The first-order valence-corrected chi connectivity index (χ1v) is 10.8. The van der Waals surface area contributed by atoms with Gasteiger partial charge in [0.1, 0.15) is 6.04 Å². The fourth-order valence-electron chi connectivity index (χ4n) is 4.63. The Labute approximate surface area is 171 Å². The number of imide groups is 1. The summed E-state index contributed by atoms with van der Waals surface area (Å²) >= 11 is 0. The molecule has 2 N–H and O–H groups in total. The standard InChI is InChI=1S/C22H30N4O3/c1-2-9-23-17-7-10-25(11-8-17)13-15-3-4-18-16(12-15)14-26(22(18)29)19-5-6-20(27)24-21(19)28/h3-4,12,17,19,23H,2,5-11,13-14H2,1H3,(H,24,27,28). The summed E-state index contributed by atoms with van der Waals surface area (Å²) < 4.78 is 0. The molecular weight excluding hydrogens is 368 g/mol. The van der Waals surface area contributed by atoms with Crippen LogP contribution < -0.4 is 10.6 Å². The van der Waals surface area contributed by atoms with Crippen LogP contribution in [0.1, 0.15) is 60.5 Å². The first-order chi connectivity index (χ1) is 14.0. The highest BCUT2D eigenvalue weighted by Gasteiger charge is 2.39. The predicted molar refractivity (Wildman–Crippen MR) is 109 cm³/mol. The summed E-state index contributed by atoms with van der Waals surface area (Å²) in [4.78, 5) is 40.4. The van der Waals surface area contributed by atoms with Gasteiger partial charge in [-0.25, -0.2) is 0 Å². The number of nitrogens with one attached hydrogen (secondary N) is 2. The van der Waals surface area contributed by atoms with Gasteiger partial charge in [-0.2, -0.15) is 0 Å². The summed E-state index contributed by atoms with van der Waals surface area (Å²) in [6, 6.07) is 6.12. The van der Waals surface area contributed by atoms with E-state index in [0.717, 1.165) is 31.7 Å². The molecule has 0 saturated carbocycles. The third-order valence-electron chi connectivity index (χ3n) is 6.26. The van der Waals surface area contributed by atoms with Crippen molar-refractivity contribution in [2.45, 2.75) is 64.2 Å². The van der Waals surface area contributed by atoms with Gasteiger partial charge in [-0.15, -0.1) is 0 Å². The van der Waals surface area contributed by atoms with Gasteiger partial charge >= 0.3 is 0 Å². The lowest BCUT2D eigenvalue weighted by Gasteiger charge is -2.32. The van der Waals surface area contributed by atoms with Crippen LogP contribution >= 0.6 is 0 Å². The van der Waals surface area contributed by atoms with Gasteiger partial charge < -0.3 is 10.2 Å². The topological polar surface area (TPSA) is 81.8 Å². The number of hydrogen-bond acceptors (Lipinski definition) is 5. The van der Waals surface area contributed by atoms with Crippen molar-refractivity contribution in [3.8, 4) is 0 Å². The number of likely N-dealkylation sites (tertiary alicyclic amines) is 1. The van der Waals surface area contributed by atoms with Gasteiger partial charge in [-0.3, -0.25) is 24.6 Å². The zero-order valence-electron chi connectivity index (χ0n) is 17.1. The van der Waals surface area contributed by atoms with Crippen LogP contribution in [0.5, 0.6) is 0 Å². The molecule has 7 nitrogen and oxygen atoms in total. The molecule has 1 unspecified atom stereocenters. The summed E-state index contributed by atoms with van der Waals surface area (Å²) in [6.45, 7) is 6.78. The molecule has 0 aromatic heterocycles. The fraction of sp³-hybridized carbons (Fsp3) is 0.591. The maximum atomic E-state index is 12.8. The largest absolute Gasteiger partial charge is 0.322 e. The summed E-state index contributed by atoms with van der Waals surface area (Å²) in [6.07, 6.45) is 4.20. The number of nitrogens with zero attached hydrogens (tertiary/aromatic N) is 2. The fourth-order valence-corrected chi connectivity index (χ4v) is 4.63. The van der Waals surface area contributed by atoms with E-state index < -0.39 is 6.04 Å². The van der Waals surface area contributed by atoms with Gasteiger partial charge in [-0.1, -0.05) is 19.1 Å². The monoisotopic (exact) mass is 398 g/mol. The molecule has 29 heavy (non-hydrogen) atoms. The molecule has 1 aromatic carbocycles. The highest BCUT2D eigenvalue weighted by atomic mass is 16.2. The van der Waals surface area contributed by atoms with Gasteiger partial charge in [0.2, 0.25) is 11.8 Å². The quantitative estimate of drug-likeness (QED) is 0.708. The normalized spacial score (nSPS) is 23.4. The van der Waals surface area contributed by atoms with Crippen LogP contribution in [0.3, 0.4) is 0 Å². The number of benzene rings is 1. The smallest absolute Gasteiger partial charge is 0.255 e. The molecule has 0 spiro atoms. The second-order valence-corrected chi connectivity index (χ2v) is 8.40. The summed E-state index contributed by atoms with van der Waals surface area (Å²) in [5.74, 6) is -0.725. The first-order valence-electron chi connectivity index (χ1n) is 10.8. The van der Waals surface area contributed by atoms with Crippen molar-refractivity contribution in [1.82, 2.24) is 20.4 Å².